The van der Waals surface area contributed by atoms with Crippen molar-refractivity contribution < 1.29 is 23.9 Å². The van der Waals surface area contributed by atoms with Crippen LogP contribution >= 0.6 is 0 Å². The van der Waals surface area contributed by atoms with Crippen molar-refractivity contribution in [2.45, 2.75) is 52.6 Å². The number of hydrogen-bond acceptors (Lipinski definition) is 5. The van der Waals surface area contributed by atoms with Gasteiger partial charge in [0, 0.05) is 30.3 Å². The summed E-state index contributed by atoms with van der Waals surface area (Å²) in [5.74, 6) is 0.874. The standard InChI is InChI=1S/C28H35N3O5/c1-17(2)19(4)29-27(33)25(30-26(32)22-8-6-5-7-18(22)3)20-11-13-31(14-12-20)28(34)21-9-10-23-24(15-21)36-16-35-23/h5-10,15,17,19-20,25H,11-14,16H2,1-4H3,(H,29,33)(H,30,32)/t19-,25+/m0/s1. The van der Waals surface area contributed by atoms with Crippen LogP contribution in [0, 0.1) is 18.8 Å². The Kier molecular flexibility index (Phi) is 7.82. The van der Waals surface area contributed by atoms with E-state index in [1.165, 1.54) is 0 Å². The molecule has 4 rings (SSSR count). The molecule has 8 heteroatoms. The zero-order valence-electron chi connectivity index (χ0n) is 21.4. The number of hydrogen-bond donors (Lipinski definition) is 2. The second-order valence-electron chi connectivity index (χ2n) is 10.0. The van der Waals surface area contributed by atoms with Crippen LogP contribution in [0.1, 0.15) is 59.9 Å². The molecule has 36 heavy (non-hydrogen) atoms. The Bertz CT molecular complexity index is 1120. The summed E-state index contributed by atoms with van der Waals surface area (Å²) >= 11 is 0. The van der Waals surface area contributed by atoms with Crippen LogP contribution in [0.2, 0.25) is 0 Å². The number of benzene rings is 2. The van der Waals surface area contributed by atoms with Gasteiger partial charge in [-0.05, 0) is 68.4 Å². The van der Waals surface area contributed by atoms with Gasteiger partial charge >= 0.3 is 0 Å². The summed E-state index contributed by atoms with van der Waals surface area (Å²) in [5.41, 5.74) is 1.96. The molecule has 0 aromatic heterocycles. The van der Waals surface area contributed by atoms with Crippen molar-refractivity contribution >= 4 is 17.7 Å². The Balaban J connectivity index is 1.45. The van der Waals surface area contributed by atoms with Crippen molar-refractivity contribution in [2.24, 2.45) is 11.8 Å². The minimum absolute atomic E-state index is 0.0250. The molecule has 8 nitrogen and oxygen atoms in total. The van der Waals surface area contributed by atoms with E-state index in [9.17, 15) is 14.4 Å². The summed E-state index contributed by atoms with van der Waals surface area (Å²) in [5, 5.41) is 6.08. The molecule has 0 aliphatic carbocycles. The van der Waals surface area contributed by atoms with Crippen molar-refractivity contribution in [1.29, 1.82) is 0 Å². The minimum atomic E-state index is -0.680. The van der Waals surface area contributed by atoms with Crippen molar-refractivity contribution in [1.82, 2.24) is 15.5 Å². The highest BCUT2D eigenvalue weighted by molar-refractivity contribution is 5.99. The number of carbonyl (C=O) groups excluding carboxylic acids is 3. The molecule has 1 saturated heterocycles. The number of aryl methyl sites for hydroxylation is 1. The molecular formula is C28H35N3O5. The number of carbonyl (C=O) groups is 3. The number of nitrogens with one attached hydrogen (secondary N) is 2. The fourth-order valence-corrected chi connectivity index (χ4v) is 4.57. The van der Waals surface area contributed by atoms with E-state index in [1.807, 2.05) is 45.9 Å². The average Bonchev–Trinajstić information content (AvgIpc) is 3.35. The first-order valence-corrected chi connectivity index (χ1v) is 12.6. The molecule has 2 aliphatic rings. The number of likely N-dealkylation sites (tertiary alicyclic amines) is 1. The third kappa shape index (κ3) is 5.64. The third-order valence-electron chi connectivity index (χ3n) is 7.25. The zero-order chi connectivity index (χ0) is 25.8. The molecule has 1 fully saturated rings. The van der Waals surface area contributed by atoms with Crippen LogP contribution in [-0.2, 0) is 4.79 Å². The van der Waals surface area contributed by atoms with Crippen molar-refractivity contribution in [3.8, 4) is 11.5 Å². The topological polar surface area (TPSA) is 97.0 Å². The Morgan fingerprint density at radius 1 is 0.944 bits per heavy atom. The molecule has 0 radical (unpaired) electrons. The van der Waals surface area contributed by atoms with Crippen molar-refractivity contribution in [2.75, 3.05) is 19.9 Å². The lowest BCUT2D eigenvalue weighted by Gasteiger charge is -2.36. The smallest absolute Gasteiger partial charge is 0.253 e. The average molecular weight is 494 g/mol. The lowest BCUT2D eigenvalue weighted by atomic mass is 9.87. The second kappa shape index (κ2) is 11.0. The van der Waals surface area contributed by atoms with E-state index in [2.05, 4.69) is 10.6 Å². The van der Waals surface area contributed by atoms with Gasteiger partial charge in [0.05, 0.1) is 0 Å². The maximum absolute atomic E-state index is 13.3. The highest BCUT2D eigenvalue weighted by Gasteiger charge is 2.35. The summed E-state index contributed by atoms with van der Waals surface area (Å²) in [7, 11) is 0. The lowest BCUT2D eigenvalue weighted by Crippen LogP contribution is -2.55. The predicted octanol–water partition coefficient (Wildman–Crippen LogP) is 3.54. The molecule has 192 valence electrons. The maximum Gasteiger partial charge on any atom is 0.253 e. The quantitative estimate of drug-likeness (QED) is 0.615. The van der Waals surface area contributed by atoms with Gasteiger partial charge in [-0.1, -0.05) is 32.0 Å². The van der Waals surface area contributed by atoms with Crippen LogP contribution in [0.25, 0.3) is 0 Å². The summed E-state index contributed by atoms with van der Waals surface area (Å²) in [6.45, 7) is 9.10. The molecule has 2 heterocycles. The molecule has 3 amide bonds. The summed E-state index contributed by atoms with van der Waals surface area (Å²) in [6.07, 6.45) is 1.22. The van der Waals surface area contributed by atoms with Gasteiger partial charge in [-0.3, -0.25) is 14.4 Å². The molecule has 2 aliphatic heterocycles. The molecule has 0 saturated carbocycles. The summed E-state index contributed by atoms with van der Waals surface area (Å²) in [4.78, 5) is 41.3. The summed E-state index contributed by atoms with van der Waals surface area (Å²) < 4.78 is 10.7. The predicted molar refractivity (Wildman–Crippen MR) is 136 cm³/mol. The number of ether oxygens (including phenoxy) is 2. The molecule has 2 aromatic rings. The van der Waals surface area contributed by atoms with Crippen LogP contribution in [0.3, 0.4) is 0 Å². The van der Waals surface area contributed by atoms with E-state index in [0.717, 1.165) is 5.56 Å². The minimum Gasteiger partial charge on any atom is -0.454 e. The van der Waals surface area contributed by atoms with Gasteiger partial charge in [0.2, 0.25) is 12.7 Å². The van der Waals surface area contributed by atoms with Gasteiger partial charge in [0.15, 0.2) is 11.5 Å². The highest BCUT2D eigenvalue weighted by atomic mass is 16.7. The van der Waals surface area contributed by atoms with Crippen LogP contribution < -0.4 is 20.1 Å². The van der Waals surface area contributed by atoms with Crippen LogP contribution in [0.15, 0.2) is 42.5 Å². The van der Waals surface area contributed by atoms with Gasteiger partial charge in [-0.15, -0.1) is 0 Å². The van der Waals surface area contributed by atoms with Gasteiger partial charge in [-0.25, -0.2) is 0 Å². The van der Waals surface area contributed by atoms with E-state index >= 15 is 0 Å². The monoisotopic (exact) mass is 493 g/mol. The lowest BCUT2D eigenvalue weighted by molar-refractivity contribution is -0.125. The first-order chi connectivity index (χ1) is 17.2. The van der Waals surface area contributed by atoms with Crippen LogP contribution in [0.4, 0.5) is 0 Å². The van der Waals surface area contributed by atoms with Gasteiger partial charge in [0.25, 0.3) is 11.8 Å². The molecule has 0 bridgehead atoms. The summed E-state index contributed by atoms with van der Waals surface area (Å²) in [6, 6.07) is 11.8. The fraction of sp³-hybridized carbons (Fsp3) is 0.464. The normalized spacial score (nSPS) is 17.0. The number of piperidine rings is 1. The number of fused-ring (bicyclic) bond motifs is 1. The van der Waals surface area contributed by atoms with Gasteiger partial charge < -0.3 is 25.0 Å². The van der Waals surface area contributed by atoms with E-state index in [1.54, 1.807) is 29.2 Å². The first kappa shape index (κ1) is 25.5. The Hall–Kier alpha value is -3.55. The SMILES string of the molecule is Cc1ccccc1C(=O)N[C@@H](C(=O)N[C@@H](C)C(C)C)C1CCN(C(=O)c2ccc3c(c2)OCO3)CC1. The van der Waals surface area contributed by atoms with E-state index in [0.29, 0.717) is 48.6 Å². The maximum atomic E-state index is 13.3. The molecule has 0 spiro atoms. The molecule has 2 N–H and O–H groups in total. The van der Waals surface area contributed by atoms with Crippen LogP contribution in [-0.4, -0.2) is 54.6 Å². The fourth-order valence-electron chi connectivity index (χ4n) is 4.57. The molecular weight excluding hydrogens is 458 g/mol. The Morgan fingerprint density at radius 2 is 1.64 bits per heavy atom. The number of amides is 3. The molecule has 0 unspecified atom stereocenters. The van der Waals surface area contributed by atoms with Gasteiger partial charge in [-0.2, -0.15) is 0 Å². The highest BCUT2D eigenvalue weighted by Crippen LogP contribution is 2.33. The van der Waals surface area contributed by atoms with E-state index in [-0.39, 0.29) is 42.4 Å². The van der Waals surface area contributed by atoms with Crippen molar-refractivity contribution in [3.63, 3.8) is 0 Å². The first-order valence-electron chi connectivity index (χ1n) is 12.6. The number of nitrogens with zero attached hydrogens (tertiary/aromatic N) is 1. The van der Waals surface area contributed by atoms with Crippen molar-refractivity contribution in [3.05, 3.63) is 59.2 Å². The molecule has 2 aromatic carbocycles. The third-order valence-corrected chi connectivity index (χ3v) is 7.25. The zero-order valence-corrected chi connectivity index (χ0v) is 21.4. The Morgan fingerprint density at radius 3 is 2.33 bits per heavy atom. The van der Waals surface area contributed by atoms with E-state index < -0.39 is 6.04 Å². The van der Waals surface area contributed by atoms with E-state index in [4.69, 9.17) is 9.47 Å². The Labute approximate surface area is 212 Å². The van der Waals surface area contributed by atoms with Crippen LogP contribution in [0.5, 0.6) is 11.5 Å². The largest absolute Gasteiger partial charge is 0.454 e. The second-order valence-corrected chi connectivity index (χ2v) is 10.0. The molecule has 2 atom stereocenters. The van der Waals surface area contributed by atoms with Gasteiger partial charge in [0.1, 0.15) is 6.04 Å². The number of rotatable bonds is 7.